The van der Waals surface area contributed by atoms with Crippen molar-refractivity contribution >= 4 is 11.9 Å². The normalized spacial score (nSPS) is 17.8. The molecule has 0 saturated heterocycles. The summed E-state index contributed by atoms with van der Waals surface area (Å²) in [5, 5.41) is 17.6. The summed E-state index contributed by atoms with van der Waals surface area (Å²) in [6.45, 7) is 2.99. The molecule has 0 fully saturated rings. The highest BCUT2D eigenvalue weighted by molar-refractivity contribution is 5.78. The molecule has 2 atom stereocenters. The highest BCUT2D eigenvalue weighted by Gasteiger charge is 2.28. The molecule has 0 spiro atoms. The summed E-state index contributed by atoms with van der Waals surface area (Å²) in [5.74, 6) is -1.99. The van der Waals surface area contributed by atoms with Gasteiger partial charge in [-0.25, -0.2) is 0 Å². The van der Waals surface area contributed by atoms with E-state index >= 15 is 0 Å². The standard InChI is InChI=1S/C12H24N2O4/c1-11(13,9(15)16)7-5-3-4-6-8-12(2,14)10(17)18/h3-8,13-14H2,1-2H3,(H,15,16)(H,17,18)/t11-,12-/m0/s1. The minimum absolute atomic E-state index is 0.418. The van der Waals surface area contributed by atoms with Crippen LogP contribution in [0.5, 0.6) is 0 Å². The third-order valence-corrected chi connectivity index (χ3v) is 3.12. The number of unbranched alkanes of at least 4 members (excludes halogenated alkanes) is 3. The zero-order valence-corrected chi connectivity index (χ0v) is 11.1. The van der Waals surface area contributed by atoms with Crippen LogP contribution in [0.4, 0.5) is 0 Å². The van der Waals surface area contributed by atoms with E-state index in [4.69, 9.17) is 21.7 Å². The number of carboxylic acids is 2. The number of hydrogen-bond acceptors (Lipinski definition) is 4. The number of aliphatic carboxylic acids is 2. The van der Waals surface area contributed by atoms with E-state index in [1.54, 1.807) is 0 Å². The average Bonchev–Trinajstić information content (AvgIpc) is 2.22. The monoisotopic (exact) mass is 260 g/mol. The molecule has 0 rings (SSSR count). The maximum absolute atomic E-state index is 10.7. The number of rotatable bonds is 9. The van der Waals surface area contributed by atoms with Crippen molar-refractivity contribution in [1.82, 2.24) is 0 Å². The van der Waals surface area contributed by atoms with Crippen molar-refractivity contribution in [2.24, 2.45) is 11.5 Å². The van der Waals surface area contributed by atoms with Crippen LogP contribution in [0.2, 0.25) is 0 Å². The molecule has 0 bridgehead atoms. The third-order valence-electron chi connectivity index (χ3n) is 3.12. The highest BCUT2D eigenvalue weighted by atomic mass is 16.4. The van der Waals surface area contributed by atoms with Gasteiger partial charge in [0.05, 0.1) is 0 Å². The minimum atomic E-state index is -1.18. The largest absolute Gasteiger partial charge is 0.480 e. The predicted molar refractivity (Wildman–Crippen MR) is 68.2 cm³/mol. The third kappa shape index (κ3) is 5.97. The van der Waals surface area contributed by atoms with Gasteiger partial charge in [0.15, 0.2) is 0 Å². The first kappa shape index (κ1) is 16.9. The van der Waals surface area contributed by atoms with E-state index < -0.39 is 23.0 Å². The lowest BCUT2D eigenvalue weighted by atomic mass is 9.93. The van der Waals surface area contributed by atoms with Crippen LogP contribution in [-0.2, 0) is 9.59 Å². The molecule has 0 aromatic carbocycles. The first-order chi connectivity index (χ1) is 8.09. The molecule has 0 unspecified atom stereocenters. The molecule has 0 radical (unpaired) electrons. The van der Waals surface area contributed by atoms with E-state index in [0.717, 1.165) is 12.8 Å². The summed E-state index contributed by atoms with van der Waals surface area (Å²) < 4.78 is 0. The highest BCUT2D eigenvalue weighted by Crippen LogP contribution is 2.16. The number of nitrogens with two attached hydrogens (primary N) is 2. The molecule has 0 aliphatic carbocycles. The summed E-state index contributed by atoms with van der Waals surface area (Å²) >= 11 is 0. The van der Waals surface area contributed by atoms with Crippen LogP contribution in [0.1, 0.15) is 52.4 Å². The zero-order chi connectivity index (χ0) is 14.4. The van der Waals surface area contributed by atoms with Gasteiger partial charge >= 0.3 is 11.9 Å². The molecule has 106 valence electrons. The molecule has 0 heterocycles. The molecule has 6 heteroatoms. The van der Waals surface area contributed by atoms with Crippen molar-refractivity contribution in [3.63, 3.8) is 0 Å². The second kappa shape index (κ2) is 6.70. The maximum Gasteiger partial charge on any atom is 0.323 e. The van der Waals surface area contributed by atoms with Gasteiger partial charge in [0, 0.05) is 0 Å². The van der Waals surface area contributed by atoms with Gasteiger partial charge in [0.1, 0.15) is 11.1 Å². The smallest absolute Gasteiger partial charge is 0.323 e. The first-order valence-electron chi connectivity index (χ1n) is 6.14. The second-order valence-corrected chi connectivity index (χ2v) is 5.36. The quantitative estimate of drug-likeness (QED) is 0.457. The fourth-order valence-corrected chi connectivity index (χ4v) is 1.55. The Labute approximate surface area is 107 Å². The first-order valence-corrected chi connectivity index (χ1v) is 6.14. The number of carbonyl (C=O) groups is 2. The lowest BCUT2D eigenvalue weighted by Crippen LogP contribution is -2.44. The molecule has 0 amide bonds. The average molecular weight is 260 g/mol. The van der Waals surface area contributed by atoms with Crippen LogP contribution < -0.4 is 11.5 Å². The fourth-order valence-electron chi connectivity index (χ4n) is 1.55. The van der Waals surface area contributed by atoms with Gasteiger partial charge in [0.25, 0.3) is 0 Å². The molecule has 0 aromatic rings. The van der Waals surface area contributed by atoms with Crippen molar-refractivity contribution in [2.75, 3.05) is 0 Å². The van der Waals surface area contributed by atoms with Crippen molar-refractivity contribution in [1.29, 1.82) is 0 Å². The molecule has 0 aliphatic rings. The molecule has 0 aromatic heterocycles. The topological polar surface area (TPSA) is 127 Å². The fraction of sp³-hybridized carbons (Fsp3) is 0.833. The van der Waals surface area contributed by atoms with Crippen LogP contribution in [0.25, 0.3) is 0 Å². The van der Waals surface area contributed by atoms with Gasteiger partial charge in [-0.2, -0.15) is 0 Å². The Balaban J connectivity index is 3.71. The van der Waals surface area contributed by atoms with E-state index in [0.29, 0.717) is 25.7 Å². The van der Waals surface area contributed by atoms with Gasteiger partial charge in [-0.3, -0.25) is 9.59 Å². The Bertz CT molecular complexity index is 270. The van der Waals surface area contributed by atoms with E-state index in [2.05, 4.69) is 0 Å². The van der Waals surface area contributed by atoms with E-state index in [1.165, 1.54) is 13.8 Å². The summed E-state index contributed by atoms with van der Waals surface area (Å²) in [7, 11) is 0. The summed E-state index contributed by atoms with van der Waals surface area (Å²) in [6.07, 6.45) is 3.93. The van der Waals surface area contributed by atoms with Gasteiger partial charge in [0.2, 0.25) is 0 Å². The molecule has 0 aliphatic heterocycles. The van der Waals surface area contributed by atoms with Crippen LogP contribution >= 0.6 is 0 Å². The Kier molecular flexibility index (Phi) is 6.28. The summed E-state index contributed by atoms with van der Waals surface area (Å²) in [5.41, 5.74) is 8.82. The van der Waals surface area contributed by atoms with E-state index in [1.807, 2.05) is 0 Å². The van der Waals surface area contributed by atoms with E-state index in [9.17, 15) is 9.59 Å². The molecule has 6 N–H and O–H groups in total. The van der Waals surface area contributed by atoms with Gasteiger partial charge in [-0.1, -0.05) is 25.7 Å². The van der Waals surface area contributed by atoms with Crippen molar-refractivity contribution in [3.8, 4) is 0 Å². The second-order valence-electron chi connectivity index (χ2n) is 5.36. The van der Waals surface area contributed by atoms with Gasteiger partial charge < -0.3 is 21.7 Å². The summed E-state index contributed by atoms with van der Waals surface area (Å²) in [4.78, 5) is 21.5. The maximum atomic E-state index is 10.7. The molecule has 0 saturated carbocycles. The molecule has 6 nitrogen and oxygen atoms in total. The van der Waals surface area contributed by atoms with Crippen LogP contribution in [0.15, 0.2) is 0 Å². The summed E-state index contributed by atoms with van der Waals surface area (Å²) in [6, 6.07) is 0. The number of carboxylic acid groups (broad SMARTS) is 2. The Morgan fingerprint density at radius 3 is 1.33 bits per heavy atom. The van der Waals surface area contributed by atoms with Crippen molar-refractivity contribution < 1.29 is 19.8 Å². The van der Waals surface area contributed by atoms with Gasteiger partial charge in [-0.15, -0.1) is 0 Å². The molecular weight excluding hydrogens is 236 g/mol. The predicted octanol–water partition coefficient (Wildman–Crippen LogP) is 0.931. The van der Waals surface area contributed by atoms with Crippen LogP contribution in [-0.4, -0.2) is 33.2 Å². The van der Waals surface area contributed by atoms with E-state index in [-0.39, 0.29) is 0 Å². The Morgan fingerprint density at radius 2 is 1.11 bits per heavy atom. The van der Waals surface area contributed by atoms with Crippen molar-refractivity contribution in [2.45, 2.75) is 63.5 Å². The lowest BCUT2D eigenvalue weighted by molar-refractivity contribution is -0.143. The minimum Gasteiger partial charge on any atom is -0.480 e. The zero-order valence-electron chi connectivity index (χ0n) is 11.1. The number of hydrogen-bond donors (Lipinski definition) is 4. The Hall–Kier alpha value is -1.14. The molecular formula is C12H24N2O4. The molecule has 18 heavy (non-hydrogen) atoms. The SMILES string of the molecule is C[C@](N)(CCCCCC[C@](C)(N)C(=O)O)C(=O)O. The van der Waals surface area contributed by atoms with Crippen LogP contribution in [0.3, 0.4) is 0 Å². The van der Waals surface area contributed by atoms with Crippen molar-refractivity contribution in [3.05, 3.63) is 0 Å². The Morgan fingerprint density at radius 1 is 0.833 bits per heavy atom. The lowest BCUT2D eigenvalue weighted by Gasteiger charge is -2.20. The van der Waals surface area contributed by atoms with Gasteiger partial charge in [-0.05, 0) is 26.7 Å². The van der Waals surface area contributed by atoms with Crippen LogP contribution in [0, 0.1) is 0 Å².